The third-order valence-electron chi connectivity index (χ3n) is 5.25. The Kier molecular flexibility index (Phi) is 5.64. The summed E-state index contributed by atoms with van der Waals surface area (Å²) in [7, 11) is 1.83. The zero-order valence-corrected chi connectivity index (χ0v) is 17.3. The van der Waals surface area contributed by atoms with Gasteiger partial charge in [0.25, 0.3) is 11.8 Å². The number of ketones is 1. The van der Waals surface area contributed by atoms with Gasteiger partial charge in [0, 0.05) is 18.3 Å². The molecule has 0 fully saturated rings. The first kappa shape index (κ1) is 20.5. The molecular weight excluding hydrogens is 392 g/mol. The smallest absolute Gasteiger partial charge is 0.285 e. The van der Waals surface area contributed by atoms with E-state index in [1.807, 2.05) is 49.2 Å². The highest BCUT2D eigenvalue weighted by atomic mass is 16.7. The van der Waals surface area contributed by atoms with Crippen molar-refractivity contribution in [1.82, 2.24) is 5.06 Å². The molecule has 0 bridgehead atoms. The average Bonchev–Trinajstić information content (AvgIpc) is 3.04. The van der Waals surface area contributed by atoms with Crippen LogP contribution in [0.5, 0.6) is 0 Å². The minimum absolute atomic E-state index is 0.157. The number of aryl methyl sites for hydroxylation is 1. The van der Waals surface area contributed by atoms with E-state index in [-0.39, 0.29) is 23.5 Å². The molecule has 1 unspecified atom stereocenters. The van der Waals surface area contributed by atoms with Gasteiger partial charge in [-0.2, -0.15) is 0 Å². The number of anilines is 1. The van der Waals surface area contributed by atoms with Crippen molar-refractivity contribution < 1.29 is 19.2 Å². The normalized spacial score (nSPS) is 13.8. The van der Waals surface area contributed by atoms with E-state index >= 15 is 0 Å². The van der Waals surface area contributed by atoms with Gasteiger partial charge in [-0.25, -0.2) is 4.84 Å². The quantitative estimate of drug-likeness (QED) is 0.433. The predicted octanol–water partition coefficient (Wildman–Crippen LogP) is 3.91. The first-order valence-electron chi connectivity index (χ1n) is 9.97. The molecule has 0 aromatic heterocycles. The monoisotopic (exact) mass is 414 g/mol. The van der Waals surface area contributed by atoms with Gasteiger partial charge in [-0.3, -0.25) is 14.4 Å². The molecule has 2 amide bonds. The van der Waals surface area contributed by atoms with E-state index in [0.29, 0.717) is 10.6 Å². The number of hydrogen-bond donors (Lipinski definition) is 0. The number of benzene rings is 3. The van der Waals surface area contributed by atoms with Crippen LogP contribution < -0.4 is 4.90 Å². The Bertz CT molecular complexity index is 1090. The van der Waals surface area contributed by atoms with Crippen molar-refractivity contribution in [2.75, 3.05) is 18.5 Å². The number of hydroxylamine groups is 2. The lowest BCUT2D eigenvalue weighted by molar-refractivity contribution is -0.114. The van der Waals surface area contributed by atoms with Crippen LogP contribution in [-0.4, -0.2) is 42.4 Å². The number of imide groups is 1. The molecule has 1 aliphatic rings. The van der Waals surface area contributed by atoms with Crippen LogP contribution in [0.1, 0.15) is 36.6 Å². The van der Waals surface area contributed by atoms with E-state index in [0.717, 1.165) is 11.3 Å². The molecule has 31 heavy (non-hydrogen) atoms. The summed E-state index contributed by atoms with van der Waals surface area (Å²) >= 11 is 0. The molecule has 0 radical (unpaired) electrons. The number of likely N-dealkylation sites (N-methyl/N-ethyl adjacent to an activating group) is 1. The van der Waals surface area contributed by atoms with Gasteiger partial charge < -0.3 is 4.90 Å². The second-order valence-corrected chi connectivity index (χ2v) is 7.49. The summed E-state index contributed by atoms with van der Waals surface area (Å²) in [5, 5.41) is 0.707. The minimum atomic E-state index is -1.06. The lowest BCUT2D eigenvalue weighted by Crippen LogP contribution is -2.44. The van der Waals surface area contributed by atoms with Crippen LogP contribution in [0.3, 0.4) is 0 Å². The van der Waals surface area contributed by atoms with E-state index in [4.69, 9.17) is 4.84 Å². The van der Waals surface area contributed by atoms with Gasteiger partial charge in [-0.1, -0.05) is 60.2 Å². The van der Waals surface area contributed by atoms with Crippen LogP contribution in [0.4, 0.5) is 5.69 Å². The van der Waals surface area contributed by atoms with Crippen LogP contribution in [-0.2, 0) is 4.84 Å². The van der Waals surface area contributed by atoms with Gasteiger partial charge in [0.05, 0.1) is 17.7 Å². The molecule has 156 valence electrons. The van der Waals surface area contributed by atoms with Crippen LogP contribution >= 0.6 is 0 Å². The molecule has 3 aromatic rings. The lowest BCUT2D eigenvalue weighted by atomic mass is 10.1. The third-order valence-corrected chi connectivity index (χ3v) is 5.25. The molecule has 1 heterocycles. The van der Waals surface area contributed by atoms with Crippen molar-refractivity contribution in [2.24, 2.45) is 0 Å². The number of carbonyl (C=O) groups excluding carboxylic acids is 3. The number of hydrogen-bond acceptors (Lipinski definition) is 5. The summed E-state index contributed by atoms with van der Waals surface area (Å²) in [5.74, 6) is -1.44. The third kappa shape index (κ3) is 4.11. The van der Waals surface area contributed by atoms with E-state index < -0.39 is 17.9 Å². The number of amides is 2. The summed E-state index contributed by atoms with van der Waals surface area (Å²) in [5.41, 5.74) is 3.00. The molecule has 0 saturated heterocycles. The molecule has 0 saturated carbocycles. The fourth-order valence-corrected chi connectivity index (χ4v) is 3.50. The van der Waals surface area contributed by atoms with Gasteiger partial charge in [0.2, 0.25) is 0 Å². The highest BCUT2D eigenvalue weighted by Crippen LogP contribution is 2.25. The molecule has 0 aliphatic carbocycles. The van der Waals surface area contributed by atoms with Crippen LogP contribution in [0, 0.1) is 6.92 Å². The first-order chi connectivity index (χ1) is 15.0. The zero-order chi connectivity index (χ0) is 22.0. The number of rotatable bonds is 7. The van der Waals surface area contributed by atoms with Crippen molar-refractivity contribution in [2.45, 2.75) is 13.0 Å². The standard InChI is InChI=1S/C25H22N2O4/c1-17-12-14-19(15-13-17)26(2)16-22(23(28)18-8-4-3-5-9-18)31-27-24(29)20-10-6-7-11-21(20)25(27)30/h3-15,22H,16H2,1-2H3. The Morgan fingerprint density at radius 1 is 0.871 bits per heavy atom. The number of fused-ring (bicyclic) bond motifs is 1. The van der Waals surface area contributed by atoms with Crippen LogP contribution in [0.25, 0.3) is 0 Å². The van der Waals surface area contributed by atoms with E-state index in [1.54, 1.807) is 48.5 Å². The summed E-state index contributed by atoms with van der Waals surface area (Å²) in [6.07, 6.45) is -1.06. The van der Waals surface area contributed by atoms with Crippen molar-refractivity contribution in [3.8, 4) is 0 Å². The summed E-state index contributed by atoms with van der Waals surface area (Å²) in [6, 6.07) is 23.1. The number of Topliss-reactive ketones (excluding diaryl/α,β-unsaturated/α-hetero) is 1. The van der Waals surface area contributed by atoms with E-state index in [1.165, 1.54) is 0 Å². The van der Waals surface area contributed by atoms with Crippen molar-refractivity contribution in [3.63, 3.8) is 0 Å². The van der Waals surface area contributed by atoms with Gasteiger partial charge in [0.15, 0.2) is 11.9 Å². The summed E-state index contributed by atoms with van der Waals surface area (Å²) < 4.78 is 0. The lowest BCUT2D eigenvalue weighted by Gasteiger charge is -2.27. The van der Waals surface area contributed by atoms with Gasteiger partial charge in [-0.15, -0.1) is 5.06 Å². The molecular formula is C25H22N2O4. The Balaban J connectivity index is 1.61. The maximum absolute atomic E-state index is 13.2. The molecule has 3 aromatic carbocycles. The van der Waals surface area contributed by atoms with Crippen LogP contribution in [0.15, 0.2) is 78.9 Å². The predicted molar refractivity (Wildman–Crippen MR) is 117 cm³/mol. The van der Waals surface area contributed by atoms with E-state index in [2.05, 4.69) is 0 Å². The highest BCUT2D eigenvalue weighted by molar-refractivity contribution is 6.20. The zero-order valence-electron chi connectivity index (χ0n) is 17.3. The second kappa shape index (κ2) is 8.53. The topological polar surface area (TPSA) is 66.9 Å². The molecule has 1 atom stereocenters. The average molecular weight is 414 g/mol. The van der Waals surface area contributed by atoms with Crippen molar-refractivity contribution >= 4 is 23.3 Å². The Hall–Kier alpha value is -3.77. The van der Waals surface area contributed by atoms with Crippen LogP contribution in [0.2, 0.25) is 0 Å². The summed E-state index contributed by atoms with van der Waals surface area (Å²) in [4.78, 5) is 46.4. The fourth-order valence-electron chi connectivity index (χ4n) is 3.50. The fraction of sp³-hybridized carbons (Fsp3) is 0.160. The SMILES string of the molecule is Cc1ccc(N(C)CC(ON2C(=O)c3ccccc3C2=O)C(=O)c2ccccc2)cc1. The molecule has 6 nitrogen and oxygen atoms in total. The Labute approximate surface area is 180 Å². The number of carbonyl (C=O) groups is 3. The van der Waals surface area contributed by atoms with Gasteiger partial charge in [-0.05, 0) is 31.2 Å². The second-order valence-electron chi connectivity index (χ2n) is 7.49. The maximum atomic E-state index is 13.2. The summed E-state index contributed by atoms with van der Waals surface area (Å²) in [6.45, 7) is 2.15. The molecule has 4 rings (SSSR count). The number of nitrogens with zero attached hydrogens (tertiary/aromatic N) is 2. The largest absolute Gasteiger partial charge is 0.371 e. The molecule has 6 heteroatoms. The minimum Gasteiger partial charge on any atom is -0.371 e. The molecule has 0 spiro atoms. The highest BCUT2D eigenvalue weighted by Gasteiger charge is 2.39. The van der Waals surface area contributed by atoms with E-state index in [9.17, 15) is 14.4 Å². The molecule has 0 N–H and O–H groups in total. The van der Waals surface area contributed by atoms with Gasteiger partial charge in [0.1, 0.15) is 0 Å². The Morgan fingerprint density at radius 3 is 2.00 bits per heavy atom. The van der Waals surface area contributed by atoms with Crippen molar-refractivity contribution in [3.05, 3.63) is 101 Å². The maximum Gasteiger partial charge on any atom is 0.285 e. The van der Waals surface area contributed by atoms with Gasteiger partial charge >= 0.3 is 0 Å². The first-order valence-corrected chi connectivity index (χ1v) is 9.97. The molecule has 1 aliphatic heterocycles. The Morgan fingerprint density at radius 2 is 1.42 bits per heavy atom. The van der Waals surface area contributed by atoms with Crippen molar-refractivity contribution in [1.29, 1.82) is 0 Å².